The minimum atomic E-state index is -0.407. The van der Waals surface area contributed by atoms with Gasteiger partial charge in [0.15, 0.2) is 0 Å². The highest BCUT2D eigenvalue weighted by atomic mass is 16.2. The minimum Gasteiger partial charge on any atom is -0.412 e. The first kappa shape index (κ1) is 10.4. The monoisotopic (exact) mass is 173 g/mol. The van der Waals surface area contributed by atoms with Gasteiger partial charge in [0.05, 0.1) is 0 Å². The van der Waals surface area contributed by atoms with Crippen molar-refractivity contribution in [1.82, 2.24) is 9.13 Å². The zero-order valence-electron chi connectivity index (χ0n) is 6.87. The smallest absolute Gasteiger partial charge is 0.332 e. The van der Waals surface area contributed by atoms with Gasteiger partial charge in [0.2, 0.25) is 0 Å². The van der Waals surface area contributed by atoms with Crippen LogP contribution in [0.1, 0.15) is 0 Å². The fourth-order valence-corrected chi connectivity index (χ4v) is 0.750. The Bertz CT molecular complexity index is 390. The van der Waals surface area contributed by atoms with E-state index >= 15 is 0 Å². The van der Waals surface area contributed by atoms with Crippen molar-refractivity contribution in [3.63, 3.8) is 0 Å². The van der Waals surface area contributed by atoms with Crippen molar-refractivity contribution in [3.05, 3.63) is 26.9 Å². The van der Waals surface area contributed by atoms with Crippen LogP contribution < -0.4 is 17.0 Å². The van der Waals surface area contributed by atoms with E-state index in [9.17, 15) is 9.59 Å². The van der Waals surface area contributed by atoms with Crippen molar-refractivity contribution >= 4 is 5.82 Å². The number of rotatable bonds is 0. The van der Waals surface area contributed by atoms with Gasteiger partial charge in [-0.15, -0.1) is 0 Å². The number of aromatic nitrogens is 2. The van der Waals surface area contributed by atoms with E-state index < -0.39 is 5.69 Å². The van der Waals surface area contributed by atoms with Gasteiger partial charge in [0.1, 0.15) is 5.82 Å². The summed E-state index contributed by atoms with van der Waals surface area (Å²) in [5, 5.41) is 0. The van der Waals surface area contributed by atoms with Gasteiger partial charge < -0.3 is 11.2 Å². The molecular formula is C6H11N3O3. The molecule has 0 aliphatic rings. The highest BCUT2D eigenvalue weighted by Gasteiger charge is 2.00. The average molecular weight is 173 g/mol. The van der Waals surface area contributed by atoms with Gasteiger partial charge in [-0.1, -0.05) is 0 Å². The maximum atomic E-state index is 11.1. The van der Waals surface area contributed by atoms with Crippen molar-refractivity contribution in [3.8, 4) is 0 Å². The van der Waals surface area contributed by atoms with E-state index in [0.717, 1.165) is 4.57 Å². The highest BCUT2D eigenvalue weighted by molar-refractivity contribution is 5.25. The molecule has 6 heteroatoms. The molecule has 0 bridgehead atoms. The highest BCUT2D eigenvalue weighted by Crippen LogP contribution is 1.86. The zero-order chi connectivity index (χ0) is 8.59. The number of hydrogen-bond donors (Lipinski definition) is 1. The Balaban J connectivity index is 0.00000121. The van der Waals surface area contributed by atoms with Crippen LogP contribution in [0.2, 0.25) is 0 Å². The molecule has 4 N–H and O–H groups in total. The molecule has 0 radical (unpaired) electrons. The number of nitrogens with two attached hydrogens (primary N) is 1. The first-order valence-electron chi connectivity index (χ1n) is 3.06. The van der Waals surface area contributed by atoms with Crippen LogP contribution in [-0.2, 0) is 14.1 Å². The molecule has 1 aromatic heterocycles. The normalized spacial score (nSPS) is 9.17. The third-order valence-electron chi connectivity index (χ3n) is 1.56. The molecule has 0 fully saturated rings. The van der Waals surface area contributed by atoms with Gasteiger partial charge in [-0.3, -0.25) is 13.9 Å². The summed E-state index contributed by atoms with van der Waals surface area (Å²) < 4.78 is 2.21. The summed E-state index contributed by atoms with van der Waals surface area (Å²) in [4.78, 5) is 21.9. The minimum absolute atomic E-state index is 0. The van der Waals surface area contributed by atoms with E-state index in [1.54, 1.807) is 0 Å². The topological polar surface area (TPSA) is 102 Å². The van der Waals surface area contributed by atoms with E-state index in [0.29, 0.717) is 0 Å². The van der Waals surface area contributed by atoms with Crippen molar-refractivity contribution in [1.29, 1.82) is 0 Å². The molecular weight excluding hydrogens is 162 g/mol. The van der Waals surface area contributed by atoms with Crippen LogP contribution >= 0.6 is 0 Å². The molecule has 12 heavy (non-hydrogen) atoms. The van der Waals surface area contributed by atoms with Crippen LogP contribution in [0.3, 0.4) is 0 Å². The first-order valence-corrected chi connectivity index (χ1v) is 3.06. The lowest BCUT2D eigenvalue weighted by atomic mass is 10.5. The second-order valence-corrected chi connectivity index (χ2v) is 2.31. The van der Waals surface area contributed by atoms with Crippen LogP contribution in [0.4, 0.5) is 5.82 Å². The molecule has 0 aliphatic heterocycles. The standard InChI is InChI=1S/C6H9N3O2.H2O/c1-8-4(7)3-5(10)9(2)6(8)11;/h3H,7H2,1-2H3;1H2. The zero-order valence-corrected chi connectivity index (χ0v) is 6.87. The lowest BCUT2D eigenvalue weighted by Crippen LogP contribution is -2.37. The Morgan fingerprint density at radius 2 is 1.75 bits per heavy atom. The van der Waals surface area contributed by atoms with Gasteiger partial charge >= 0.3 is 5.69 Å². The van der Waals surface area contributed by atoms with E-state index in [-0.39, 0.29) is 16.9 Å². The van der Waals surface area contributed by atoms with Crippen molar-refractivity contribution < 1.29 is 5.48 Å². The molecule has 1 aromatic rings. The van der Waals surface area contributed by atoms with Crippen LogP contribution in [-0.4, -0.2) is 14.6 Å². The Labute approximate surface area is 68.2 Å². The predicted molar refractivity (Wildman–Crippen MR) is 45.0 cm³/mol. The number of anilines is 1. The summed E-state index contributed by atoms with van der Waals surface area (Å²) in [5.74, 6) is 0.179. The molecule has 1 rings (SSSR count). The summed E-state index contributed by atoms with van der Waals surface area (Å²) in [6.07, 6.45) is 0. The molecule has 0 aromatic carbocycles. The Kier molecular flexibility index (Phi) is 2.81. The molecule has 0 saturated carbocycles. The van der Waals surface area contributed by atoms with Gasteiger partial charge in [0.25, 0.3) is 5.56 Å². The molecule has 0 unspecified atom stereocenters. The fraction of sp³-hybridized carbons (Fsp3) is 0.333. The summed E-state index contributed by atoms with van der Waals surface area (Å²) >= 11 is 0. The third kappa shape index (κ3) is 1.37. The Hall–Kier alpha value is -1.56. The summed E-state index contributed by atoms with van der Waals surface area (Å²) in [7, 11) is 2.92. The number of hydrogen-bond acceptors (Lipinski definition) is 3. The molecule has 6 nitrogen and oxygen atoms in total. The average Bonchev–Trinajstić information content (AvgIpc) is 1.97. The largest absolute Gasteiger partial charge is 0.412 e. The van der Waals surface area contributed by atoms with Gasteiger partial charge in [-0.2, -0.15) is 0 Å². The van der Waals surface area contributed by atoms with Crippen LogP contribution in [0.5, 0.6) is 0 Å². The summed E-state index contributed by atoms with van der Waals surface area (Å²) in [5.41, 5.74) is 4.55. The predicted octanol–water partition coefficient (Wildman–Crippen LogP) is -2.16. The van der Waals surface area contributed by atoms with Crippen molar-refractivity contribution in [2.24, 2.45) is 14.1 Å². The third-order valence-corrected chi connectivity index (χ3v) is 1.56. The van der Waals surface area contributed by atoms with Crippen LogP contribution in [0.15, 0.2) is 15.7 Å². The summed E-state index contributed by atoms with van der Waals surface area (Å²) in [6, 6.07) is 1.21. The molecule has 0 atom stereocenters. The van der Waals surface area contributed by atoms with E-state index in [2.05, 4.69) is 0 Å². The maximum Gasteiger partial charge on any atom is 0.332 e. The second kappa shape index (κ2) is 3.22. The first-order chi connectivity index (χ1) is 5.04. The van der Waals surface area contributed by atoms with E-state index in [1.807, 2.05) is 0 Å². The SMILES string of the molecule is Cn1c(N)cc(=O)n(C)c1=O.O. The van der Waals surface area contributed by atoms with Crippen LogP contribution in [0.25, 0.3) is 0 Å². The molecule has 1 heterocycles. The van der Waals surface area contributed by atoms with Gasteiger partial charge in [-0.05, 0) is 0 Å². The maximum absolute atomic E-state index is 11.1. The van der Waals surface area contributed by atoms with Crippen molar-refractivity contribution in [2.45, 2.75) is 0 Å². The number of nitrogens with zero attached hydrogens (tertiary/aromatic N) is 2. The Morgan fingerprint density at radius 1 is 1.25 bits per heavy atom. The molecule has 68 valence electrons. The molecule has 0 saturated heterocycles. The van der Waals surface area contributed by atoms with Crippen molar-refractivity contribution in [2.75, 3.05) is 5.73 Å². The quantitative estimate of drug-likeness (QED) is 0.483. The summed E-state index contributed by atoms with van der Waals surface area (Å²) in [6.45, 7) is 0. The Morgan fingerprint density at radius 3 is 2.25 bits per heavy atom. The van der Waals surface area contributed by atoms with Crippen LogP contribution in [0, 0.1) is 0 Å². The fourth-order valence-electron chi connectivity index (χ4n) is 0.750. The van der Waals surface area contributed by atoms with Gasteiger partial charge in [0, 0.05) is 20.2 Å². The molecule has 0 amide bonds. The lowest BCUT2D eigenvalue weighted by Gasteiger charge is -2.02. The lowest BCUT2D eigenvalue weighted by molar-refractivity contribution is 0.694. The molecule has 0 aliphatic carbocycles. The number of nitrogen functional groups attached to an aromatic ring is 1. The second-order valence-electron chi connectivity index (χ2n) is 2.31. The van der Waals surface area contributed by atoms with E-state index in [1.165, 1.54) is 24.7 Å². The molecule has 0 spiro atoms. The van der Waals surface area contributed by atoms with E-state index in [4.69, 9.17) is 5.73 Å². The van der Waals surface area contributed by atoms with Gasteiger partial charge in [-0.25, -0.2) is 4.79 Å².